The second-order valence-corrected chi connectivity index (χ2v) is 6.66. The first-order valence-electron chi connectivity index (χ1n) is 8.90. The van der Waals surface area contributed by atoms with Gasteiger partial charge in [-0.05, 0) is 49.7 Å². The van der Waals surface area contributed by atoms with E-state index in [0.717, 1.165) is 58.9 Å². The van der Waals surface area contributed by atoms with Crippen molar-refractivity contribution in [2.45, 2.75) is 18.8 Å². The molecule has 0 aliphatic carbocycles. The Morgan fingerprint density at radius 2 is 1.88 bits per heavy atom. The predicted molar refractivity (Wildman–Crippen MR) is 99.5 cm³/mol. The van der Waals surface area contributed by atoms with Crippen molar-refractivity contribution in [3.8, 4) is 22.6 Å². The van der Waals surface area contributed by atoms with Crippen LogP contribution in [0.25, 0.3) is 33.5 Å². The first-order valence-corrected chi connectivity index (χ1v) is 8.90. The molecule has 1 atom stereocenters. The number of aromatic amines is 2. The summed E-state index contributed by atoms with van der Waals surface area (Å²) in [6.07, 6.45) is 5.88. The molecule has 130 valence electrons. The molecular formula is C19H19N7. The molecule has 4 heterocycles. The van der Waals surface area contributed by atoms with Crippen molar-refractivity contribution in [3.63, 3.8) is 0 Å². The highest BCUT2D eigenvalue weighted by Gasteiger charge is 2.19. The van der Waals surface area contributed by atoms with Crippen LogP contribution in [0, 0.1) is 0 Å². The lowest BCUT2D eigenvalue weighted by Gasteiger charge is -2.20. The van der Waals surface area contributed by atoms with Gasteiger partial charge in [0, 0.05) is 41.4 Å². The van der Waals surface area contributed by atoms with Crippen LogP contribution in [0.5, 0.6) is 0 Å². The van der Waals surface area contributed by atoms with Gasteiger partial charge in [-0.15, -0.1) is 0 Å². The molecule has 1 aliphatic heterocycles. The van der Waals surface area contributed by atoms with E-state index in [9.17, 15) is 0 Å². The fourth-order valence-electron chi connectivity index (χ4n) is 3.55. The zero-order chi connectivity index (χ0) is 17.3. The number of benzene rings is 1. The zero-order valence-corrected chi connectivity index (χ0v) is 14.2. The van der Waals surface area contributed by atoms with E-state index in [0.29, 0.717) is 5.92 Å². The minimum atomic E-state index is 0.412. The van der Waals surface area contributed by atoms with Crippen LogP contribution in [0.4, 0.5) is 0 Å². The summed E-state index contributed by atoms with van der Waals surface area (Å²) in [4.78, 5) is 8.83. The van der Waals surface area contributed by atoms with Crippen molar-refractivity contribution in [2.24, 2.45) is 0 Å². The number of aromatic nitrogens is 6. The van der Waals surface area contributed by atoms with Crippen molar-refractivity contribution in [3.05, 3.63) is 48.5 Å². The largest absolute Gasteiger partial charge is 0.316 e. The van der Waals surface area contributed by atoms with Crippen LogP contribution < -0.4 is 5.32 Å². The highest BCUT2D eigenvalue weighted by molar-refractivity contribution is 5.95. The van der Waals surface area contributed by atoms with Crippen molar-refractivity contribution < 1.29 is 0 Å². The molecule has 7 heteroatoms. The number of pyridine rings is 1. The highest BCUT2D eigenvalue weighted by atomic mass is 15.2. The van der Waals surface area contributed by atoms with E-state index in [4.69, 9.17) is 4.98 Å². The molecule has 3 aromatic heterocycles. The van der Waals surface area contributed by atoms with Crippen LogP contribution in [-0.2, 0) is 0 Å². The van der Waals surface area contributed by atoms with Gasteiger partial charge in [0.15, 0.2) is 5.82 Å². The van der Waals surface area contributed by atoms with Gasteiger partial charge in [-0.3, -0.25) is 15.2 Å². The monoisotopic (exact) mass is 345 g/mol. The van der Waals surface area contributed by atoms with Gasteiger partial charge in [-0.25, -0.2) is 4.98 Å². The standard InChI is InChI=1S/C19H19N7/c1-2-14(11-21-7-1)19-22-18(25-26-19)13-3-4-16-15(10-13)17(24-23-16)12-5-8-20-9-6-12/h3-6,8-10,14,21H,1-2,7,11H2,(H,23,24)(H,22,25,26)/t14-/m1/s1. The SMILES string of the molecule is c1cc(-c2n[nH]c3ccc(-c4n[nH]c([C@@H]5CCCNC5)n4)cc23)ccn1. The van der Waals surface area contributed by atoms with Crippen LogP contribution in [-0.4, -0.2) is 43.5 Å². The Balaban J connectivity index is 1.53. The van der Waals surface area contributed by atoms with Crippen LogP contribution in [0.15, 0.2) is 42.7 Å². The van der Waals surface area contributed by atoms with E-state index in [1.54, 1.807) is 12.4 Å². The Kier molecular flexibility index (Phi) is 3.71. The van der Waals surface area contributed by atoms with Crippen molar-refractivity contribution in [1.29, 1.82) is 0 Å². The summed E-state index contributed by atoms with van der Waals surface area (Å²) in [5.41, 5.74) is 3.93. The number of hydrogen-bond donors (Lipinski definition) is 3. The normalized spacial score (nSPS) is 17.6. The Hall–Kier alpha value is -3.06. The molecule has 0 bridgehead atoms. The van der Waals surface area contributed by atoms with E-state index in [-0.39, 0.29) is 0 Å². The minimum Gasteiger partial charge on any atom is -0.316 e. The summed E-state index contributed by atoms with van der Waals surface area (Å²) in [7, 11) is 0. The van der Waals surface area contributed by atoms with Gasteiger partial charge >= 0.3 is 0 Å². The molecule has 0 unspecified atom stereocenters. The molecule has 0 amide bonds. The van der Waals surface area contributed by atoms with Crippen LogP contribution in [0.2, 0.25) is 0 Å². The third-order valence-electron chi connectivity index (χ3n) is 4.96. The predicted octanol–water partition coefficient (Wildman–Crippen LogP) is 2.88. The molecule has 4 aromatic rings. The molecular weight excluding hydrogens is 326 g/mol. The first-order chi connectivity index (χ1) is 12.9. The maximum atomic E-state index is 4.75. The van der Waals surface area contributed by atoms with Crippen molar-refractivity contribution >= 4 is 10.9 Å². The zero-order valence-electron chi connectivity index (χ0n) is 14.2. The lowest BCUT2D eigenvalue weighted by atomic mass is 9.99. The molecule has 1 aliphatic rings. The number of piperidine rings is 1. The first kappa shape index (κ1) is 15.2. The molecule has 0 spiro atoms. The molecule has 7 nitrogen and oxygen atoms in total. The third kappa shape index (κ3) is 2.66. The summed E-state index contributed by atoms with van der Waals surface area (Å²) >= 11 is 0. The minimum absolute atomic E-state index is 0.412. The van der Waals surface area contributed by atoms with Gasteiger partial charge in [-0.2, -0.15) is 10.2 Å². The lowest BCUT2D eigenvalue weighted by molar-refractivity contribution is 0.447. The van der Waals surface area contributed by atoms with Crippen LogP contribution in [0.3, 0.4) is 0 Å². The number of rotatable bonds is 3. The number of nitrogens with zero attached hydrogens (tertiary/aromatic N) is 4. The van der Waals surface area contributed by atoms with Gasteiger partial charge in [0.2, 0.25) is 0 Å². The number of H-pyrrole nitrogens is 2. The van der Waals surface area contributed by atoms with Crippen molar-refractivity contribution in [1.82, 2.24) is 35.7 Å². The second-order valence-electron chi connectivity index (χ2n) is 6.66. The third-order valence-corrected chi connectivity index (χ3v) is 4.96. The van der Waals surface area contributed by atoms with E-state index in [2.05, 4.69) is 36.8 Å². The van der Waals surface area contributed by atoms with E-state index >= 15 is 0 Å². The maximum Gasteiger partial charge on any atom is 0.181 e. The van der Waals surface area contributed by atoms with Gasteiger partial charge < -0.3 is 5.32 Å². The summed E-state index contributed by atoms with van der Waals surface area (Å²) in [6, 6.07) is 10.1. The van der Waals surface area contributed by atoms with Crippen LogP contribution >= 0.6 is 0 Å². The number of fused-ring (bicyclic) bond motifs is 1. The summed E-state index contributed by atoms with van der Waals surface area (Å²) in [6.45, 7) is 2.05. The fourth-order valence-corrected chi connectivity index (χ4v) is 3.55. The molecule has 1 aromatic carbocycles. The summed E-state index contributed by atoms with van der Waals surface area (Å²) in [5, 5.41) is 19.6. The van der Waals surface area contributed by atoms with Gasteiger partial charge in [-0.1, -0.05) is 0 Å². The summed E-state index contributed by atoms with van der Waals surface area (Å²) in [5.74, 6) is 2.11. The van der Waals surface area contributed by atoms with Crippen LogP contribution in [0.1, 0.15) is 24.6 Å². The average molecular weight is 345 g/mol. The Morgan fingerprint density at radius 1 is 0.962 bits per heavy atom. The number of hydrogen-bond acceptors (Lipinski definition) is 5. The Bertz CT molecular complexity index is 1030. The number of nitrogens with one attached hydrogen (secondary N) is 3. The molecule has 5 rings (SSSR count). The Labute approximate surface area is 150 Å². The lowest BCUT2D eigenvalue weighted by Crippen LogP contribution is -2.28. The molecule has 0 saturated carbocycles. The van der Waals surface area contributed by atoms with E-state index in [1.165, 1.54) is 6.42 Å². The second kappa shape index (κ2) is 6.34. The average Bonchev–Trinajstić information content (AvgIpc) is 3.36. The van der Waals surface area contributed by atoms with E-state index < -0.39 is 0 Å². The van der Waals surface area contributed by atoms with Gasteiger partial charge in [0.05, 0.1) is 5.52 Å². The van der Waals surface area contributed by atoms with Gasteiger partial charge in [0.25, 0.3) is 0 Å². The molecule has 26 heavy (non-hydrogen) atoms. The topological polar surface area (TPSA) is 95.2 Å². The van der Waals surface area contributed by atoms with Gasteiger partial charge in [0.1, 0.15) is 11.5 Å². The fraction of sp³-hybridized carbons (Fsp3) is 0.263. The quantitative estimate of drug-likeness (QED) is 0.531. The molecule has 0 radical (unpaired) electrons. The highest BCUT2D eigenvalue weighted by Crippen LogP contribution is 2.30. The maximum absolute atomic E-state index is 4.75. The molecule has 1 fully saturated rings. The smallest absolute Gasteiger partial charge is 0.181 e. The molecule has 1 saturated heterocycles. The van der Waals surface area contributed by atoms with E-state index in [1.807, 2.05) is 24.3 Å². The Morgan fingerprint density at radius 3 is 2.73 bits per heavy atom. The summed E-state index contributed by atoms with van der Waals surface area (Å²) < 4.78 is 0. The van der Waals surface area contributed by atoms with Crippen molar-refractivity contribution in [2.75, 3.05) is 13.1 Å². The molecule has 3 N–H and O–H groups in total.